The summed E-state index contributed by atoms with van der Waals surface area (Å²) in [6, 6.07) is 19.1. The molecule has 29 heavy (non-hydrogen) atoms. The number of hydrogen-bond acceptors (Lipinski definition) is 4. The normalized spacial score (nSPS) is 11.7. The van der Waals surface area contributed by atoms with Crippen LogP contribution in [0.1, 0.15) is 11.1 Å². The maximum Gasteiger partial charge on any atom is 0.308 e. The van der Waals surface area contributed by atoms with Gasteiger partial charge in [0, 0.05) is 10.7 Å². The Hall–Kier alpha value is -2.61. The van der Waals surface area contributed by atoms with Crippen LogP contribution < -0.4 is 9.60 Å². The van der Waals surface area contributed by atoms with Crippen LogP contribution in [0.4, 0.5) is 5.69 Å². The maximum atomic E-state index is 12.7. The molecule has 0 unspecified atom stereocenters. The predicted molar refractivity (Wildman–Crippen MR) is 119 cm³/mol. The van der Waals surface area contributed by atoms with E-state index in [2.05, 4.69) is 4.72 Å². The molecule has 8 heteroatoms. The molecule has 0 bridgehead atoms. The molecule has 0 saturated carbocycles. The van der Waals surface area contributed by atoms with Gasteiger partial charge in [-0.1, -0.05) is 52.8 Å². The first-order valence-electron chi connectivity index (χ1n) is 8.79. The zero-order valence-corrected chi connectivity index (χ0v) is 17.8. The molecule has 3 aromatic carbocycles. The van der Waals surface area contributed by atoms with E-state index in [0.717, 1.165) is 22.5 Å². The first-order valence-corrected chi connectivity index (χ1v) is 11.5. The SMILES string of the molecule is Cc1ccc(NS(=O)(=O)c2ccc3c(c2)sc(=O)n3Cc2ccc(Cl)cc2)cc1. The van der Waals surface area contributed by atoms with E-state index in [0.29, 0.717) is 27.5 Å². The number of nitrogens with zero attached hydrogens (tertiary/aromatic N) is 1. The molecule has 0 fully saturated rings. The number of anilines is 1. The molecule has 4 rings (SSSR count). The summed E-state index contributed by atoms with van der Waals surface area (Å²) in [7, 11) is -3.75. The van der Waals surface area contributed by atoms with Crippen molar-refractivity contribution < 1.29 is 8.42 Å². The van der Waals surface area contributed by atoms with Crippen molar-refractivity contribution in [3.05, 3.63) is 92.5 Å². The second kappa shape index (κ2) is 7.67. The largest absolute Gasteiger partial charge is 0.308 e. The lowest BCUT2D eigenvalue weighted by Crippen LogP contribution is -2.14. The first-order chi connectivity index (χ1) is 13.8. The summed E-state index contributed by atoms with van der Waals surface area (Å²) in [5.41, 5.74) is 3.17. The topological polar surface area (TPSA) is 68.2 Å². The number of aryl methyl sites for hydroxylation is 1. The van der Waals surface area contributed by atoms with Crippen molar-refractivity contribution in [3.63, 3.8) is 0 Å². The van der Waals surface area contributed by atoms with Gasteiger partial charge >= 0.3 is 4.87 Å². The number of nitrogens with one attached hydrogen (secondary N) is 1. The van der Waals surface area contributed by atoms with E-state index >= 15 is 0 Å². The first kappa shape index (κ1) is 19.7. The fraction of sp³-hybridized carbons (Fsp3) is 0.0952. The molecule has 4 aromatic rings. The number of rotatable bonds is 5. The summed E-state index contributed by atoms with van der Waals surface area (Å²) < 4.78 is 30.3. The van der Waals surface area contributed by atoms with Crippen molar-refractivity contribution in [2.24, 2.45) is 0 Å². The third kappa shape index (κ3) is 4.22. The van der Waals surface area contributed by atoms with Gasteiger partial charge < -0.3 is 0 Å². The van der Waals surface area contributed by atoms with Crippen molar-refractivity contribution in [2.45, 2.75) is 18.4 Å². The lowest BCUT2D eigenvalue weighted by molar-refractivity contribution is 0.601. The van der Waals surface area contributed by atoms with Gasteiger partial charge in [-0.2, -0.15) is 0 Å². The Labute approximate surface area is 177 Å². The van der Waals surface area contributed by atoms with Crippen LogP contribution in [0.2, 0.25) is 5.02 Å². The number of thiazole rings is 1. The van der Waals surface area contributed by atoms with E-state index in [1.165, 1.54) is 12.1 Å². The smallest absolute Gasteiger partial charge is 0.294 e. The van der Waals surface area contributed by atoms with E-state index in [9.17, 15) is 13.2 Å². The van der Waals surface area contributed by atoms with Crippen LogP contribution >= 0.6 is 22.9 Å². The second-order valence-corrected chi connectivity index (χ2v) is 9.79. The molecule has 1 heterocycles. The molecule has 148 valence electrons. The summed E-state index contributed by atoms with van der Waals surface area (Å²) >= 11 is 6.95. The Kier molecular flexibility index (Phi) is 5.21. The van der Waals surface area contributed by atoms with E-state index < -0.39 is 10.0 Å². The Balaban J connectivity index is 1.67. The van der Waals surface area contributed by atoms with Crippen molar-refractivity contribution in [3.8, 4) is 0 Å². The minimum Gasteiger partial charge on any atom is -0.294 e. The van der Waals surface area contributed by atoms with E-state index in [4.69, 9.17) is 11.6 Å². The maximum absolute atomic E-state index is 12.7. The lowest BCUT2D eigenvalue weighted by Gasteiger charge is -2.09. The Morgan fingerprint density at radius 3 is 2.38 bits per heavy atom. The van der Waals surface area contributed by atoms with Gasteiger partial charge in [0.25, 0.3) is 10.0 Å². The fourth-order valence-electron chi connectivity index (χ4n) is 2.97. The number of halogens is 1. The highest BCUT2D eigenvalue weighted by molar-refractivity contribution is 7.92. The second-order valence-electron chi connectivity index (χ2n) is 6.68. The lowest BCUT2D eigenvalue weighted by atomic mass is 10.2. The molecule has 0 aliphatic carbocycles. The molecule has 0 amide bonds. The van der Waals surface area contributed by atoms with Gasteiger partial charge in [-0.15, -0.1) is 0 Å². The molecular formula is C21H17ClN2O3S2. The number of benzene rings is 3. The van der Waals surface area contributed by atoms with Gasteiger partial charge in [-0.25, -0.2) is 8.42 Å². The zero-order chi connectivity index (χ0) is 20.6. The van der Waals surface area contributed by atoms with Crippen molar-refractivity contribution in [1.29, 1.82) is 0 Å². The highest BCUT2D eigenvalue weighted by atomic mass is 35.5. The minimum atomic E-state index is -3.75. The average Bonchev–Trinajstić information content (AvgIpc) is 3.00. The van der Waals surface area contributed by atoms with Gasteiger partial charge in [0.15, 0.2) is 0 Å². The van der Waals surface area contributed by atoms with Crippen LogP contribution in [0, 0.1) is 6.92 Å². The van der Waals surface area contributed by atoms with Gasteiger partial charge in [-0.05, 0) is 55.0 Å². The van der Waals surface area contributed by atoms with Gasteiger partial charge in [0.05, 0.1) is 21.7 Å². The molecule has 0 radical (unpaired) electrons. The van der Waals surface area contributed by atoms with Crippen molar-refractivity contribution in [1.82, 2.24) is 4.57 Å². The third-order valence-electron chi connectivity index (χ3n) is 4.51. The Bertz CT molecular complexity index is 1340. The molecular weight excluding hydrogens is 428 g/mol. The van der Waals surface area contributed by atoms with E-state index in [-0.39, 0.29) is 9.77 Å². The number of hydrogen-bond donors (Lipinski definition) is 1. The standard InChI is InChI=1S/C21H17ClN2O3S2/c1-14-2-8-17(9-3-14)23-29(26,27)18-10-11-19-20(12-18)28-21(25)24(19)13-15-4-6-16(22)7-5-15/h2-12,23H,13H2,1H3. The summed E-state index contributed by atoms with van der Waals surface area (Å²) in [5, 5.41) is 0.632. The Morgan fingerprint density at radius 2 is 1.69 bits per heavy atom. The fourth-order valence-corrected chi connectivity index (χ4v) is 5.19. The van der Waals surface area contributed by atoms with E-state index in [1.54, 1.807) is 34.9 Å². The molecule has 5 nitrogen and oxygen atoms in total. The average molecular weight is 445 g/mol. The van der Waals surface area contributed by atoms with Crippen molar-refractivity contribution in [2.75, 3.05) is 4.72 Å². The molecule has 0 aliphatic heterocycles. The molecule has 0 atom stereocenters. The van der Waals surface area contributed by atoms with E-state index in [1.807, 2.05) is 31.2 Å². The summed E-state index contributed by atoms with van der Waals surface area (Å²) in [4.78, 5) is 12.5. The zero-order valence-electron chi connectivity index (χ0n) is 15.4. The number of fused-ring (bicyclic) bond motifs is 1. The van der Waals surface area contributed by atoms with Gasteiger partial charge in [-0.3, -0.25) is 14.1 Å². The van der Waals surface area contributed by atoms with Crippen molar-refractivity contribution >= 4 is 48.9 Å². The van der Waals surface area contributed by atoms with Gasteiger partial charge in [0.1, 0.15) is 0 Å². The van der Waals surface area contributed by atoms with Gasteiger partial charge in [0.2, 0.25) is 0 Å². The van der Waals surface area contributed by atoms with Crippen LogP contribution in [0.25, 0.3) is 10.2 Å². The predicted octanol–water partition coefficient (Wildman–Crippen LogP) is 4.87. The molecule has 1 aromatic heterocycles. The number of sulfonamides is 1. The minimum absolute atomic E-state index is 0.116. The molecule has 1 N–H and O–H groups in total. The monoisotopic (exact) mass is 444 g/mol. The molecule has 0 spiro atoms. The summed E-state index contributed by atoms with van der Waals surface area (Å²) in [6.45, 7) is 2.33. The number of aromatic nitrogens is 1. The van der Waals surface area contributed by atoms with Crippen LogP contribution in [0.3, 0.4) is 0 Å². The van der Waals surface area contributed by atoms with Crippen LogP contribution in [0.5, 0.6) is 0 Å². The highest BCUT2D eigenvalue weighted by Crippen LogP contribution is 2.24. The van der Waals surface area contributed by atoms with Crippen LogP contribution in [-0.4, -0.2) is 13.0 Å². The van der Waals surface area contributed by atoms with Crippen LogP contribution in [0.15, 0.2) is 76.4 Å². The molecule has 0 saturated heterocycles. The third-order valence-corrected chi connectivity index (χ3v) is 7.08. The van der Waals surface area contributed by atoms with Crippen LogP contribution in [-0.2, 0) is 16.6 Å². The molecule has 0 aliphatic rings. The Morgan fingerprint density at radius 1 is 1.00 bits per heavy atom. The quantitative estimate of drug-likeness (QED) is 0.477. The summed E-state index contributed by atoms with van der Waals surface area (Å²) in [5.74, 6) is 0. The summed E-state index contributed by atoms with van der Waals surface area (Å²) in [6.07, 6.45) is 0. The highest BCUT2D eigenvalue weighted by Gasteiger charge is 2.17.